The average Bonchev–Trinajstić information content (AvgIpc) is 2.38. The smallest absolute Gasteiger partial charge is 0.316 e. The van der Waals surface area contributed by atoms with Crippen molar-refractivity contribution in [1.82, 2.24) is 5.32 Å². The van der Waals surface area contributed by atoms with E-state index in [0.29, 0.717) is 25.1 Å². The molecule has 2 atom stereocenters. The molecule has 20 heavy (non-hydrogen) atoms. The van der Waals surface area contributed by atoms with Crippen LogP contribution in [0.5, 0.6) is 0 Å². The Labute approximate surface area is 114 Å². The molecule has 1 fully saturated rings. The van der Waals surface area contributed by atoms with Crippen LogP contribution in [-0.4, -0.2) is 13.1 Å². The number of nitrogens with one attached hydrogen (secondary N) is 1. The third kappa shape index (κ3) is 2.95. The minimum absolute atomic E-state index is 0.0447. The average molecular weight is 293 g/mol. The minimum Gasteiger partial charge on any atom is -0.316 e. The Balaban J connectivity index is 2.30. The number of rotatable bonds is 2. The fraction of sp³-hybridized carbons (Fsp3) is 0.571. The summed E-state index contributed by atoms with van der Waals surface area (Å²) in [6.07, 6.45) is -3.34. The van der Waals surface area contributed by atoms with Gasteiger partial charge in [0.05, 0.1) is 5.56 Å². The molecule has 0 aromatic heterocycles. The standard InChI is InChI=1S/C14H16F5N/c1-13(16,10-3-2-6-20-8-10)9-4-5-11(12(15)7-9)14(17,18)19/h4-5,7,10,20H,2-3,6,8H2,1H3. The lowest BCUT2D eigenvalue weighted by Gasteiger charge is -2.34. The molecule has 2 unspecified atom stereocenters. The molecular formula is C14H16F5N. The predicted octanol–water partition coefficient (Wildman–Crippen LogP) is 4.03. The summed E-state index contributed by atoms with van der Waals surface area (Å²) < 4.78 is 65.8. The van der Waals surface area contributed by atoms with Crippen molar-refractivity contribution in [2.75, 3.05) is 13.1 Å². The van der Waals surface area contributed by atoms with Gasteiger partial charge in [0.25, 0.3) is 0 Å². The molecule has 0 saturated carbocycles. The second kappa shape index (κ2) is 5.31. The maximum Gasteiger partial charge on any atom is 0.419 e. The highest BCUT2D eigenvalue weighted by atomic mass is 19.4. The zero-order valence-corrected chi connectivity index (χ0v) is 11.0. The van der Waals surface area contributed by atoms with E-state index in [2.05, 4.69) is 5.32 Å². The first kappa shape index (κ1) is 15.2. The molecule has 1 aromatic carbocycles. The molecule has 0 bridgehead atoms. The van der Waals surface area contributed by atoms with Gasteiger partial charge in [0, 0.05) is 12.5 Å². The van der Waals surface area contributed by atoms with Gasteiger partial charge in [-0.15, -0.1) is 0 Å². The second-order valence-corrected chi connectivity index (χ2v) is 5.31. The van der Waals surface area contributed by atoms with Crippen LogP contribution in [-0.2, 0) is 11.8 Å². The molecule has 0 spiro atoms. The normalized spacial score (nSPS) is 23.4. The monoisotopic (exact) mass is 293 g/mol. The summed E-state index contributed by atoms with van der Waals surface area (Å²) in [4.78, 5) is 0. The lowest BCUT2D eigenvalue weighted by molar-refractivity contribution is -0.140. The van der Waals surface area contributed by atoms with Gasteiger partial charge in [-0.25, -0.2) is 8.78 Å². The molecule has 6 heteroatoms. The molecule has 0 aliphatic carbocycles. The number of hydrogen-bond donors (Lipinski definition) is 1. The van der Waals surface area contributed by atoms with Crippen molar-refractivity contribution >= 4 is 0 Å². The largest absolute Gasteiger partial charge is 0.419 e. The van der Waals surface area contributed by atoms with E-state index < -0.39 is 23.2 Å². The van der Waals surface area contributed by atoms with E-state index in [-0.39, 0.29) is 11.5 Å². The number of benzene rings is 1. The Hall–Kier alpha value is -1.17. The van der Waals surface area contributed by atoms with E-state index in [1.165, 1.54) is 6.92 Å². The zero-order valence-electron chi connectivity index (χ0n) is 11.0. The molecule has 1 aromatic rings. The summed E-state index contributed by atoms with van der Waals surface area (Å²) in [6, 6.07) is 2.30. The van der Waals surface area contributed by atoms with E-state index in [4.69, 9.17) is 0 Å². The Morgan fingerprint density at radius 2 is 1.90 bits per heavy atom. The van der Waals surface area contributed by atoms with E-state index >= 15 is 0 Å². The Bertz CT molecular complexity index is 475. The first-order chi connectivity index (χ1) is 9.23. The SMILES string of the molecule is CC(F)(c1ccc(C(F)(F)F)c(F)c1)C1CCCNC1. The minimum atomic E-state index is -4.76. The van der Waals surface area contributed by atoms with Gasteiger partial charge < -0.3 is 5.32 Å². The van der Waals surface area contributed by atoms with Crippen LogP contribution in [0.15, 0.2) is 18.2 Å². The van der Waals surface area contributed by atoms with Gasteiger partial charge >= 0.3 is 6.18 Å². The highest BCUT2D eigenvalue weighted by molar-refractivity contribution is 5.30. The fourth-order valence-electron chi connectivity index (χ4n) is 2.60. The van der Waals surface area contributed by atoms with Crippen molar-refractivity contribution < 1.29 is 22.0 Å². The summed E-state index contributed by atoms with van der Waals surface area (Å²) in [6.45, 7) is 2.54. The topological polar surface area (TPSA) is 12.0 Å². The fourth-order valence-corrected chi connectivity index (χ4v) is 2.60. The maximum atomic E-state index is 14.8. The van der Waals surface area contributed by atoms with Crippen molar-refractivity contribution in [1.29, 1.82) is 0 Å². The maximum absolute atomic E-state index is 14.8. The van der Waals surface area contributed by atoms with E-state index in [1.807, 2.05) is 0 Å². The lowest BCUT2D eigenvalue weighted by atomic mass is 9.80. The quantitative estimate of drug-likeness (QED) is 0.812. The Morgan fingerprint density at radius 1 is 1.20 bits per heavy atom. The second-order valence-electron chi connectivity index (χ2n) is 5.31. The van der Waals surface area contributed by atoms with Gasteiger partial charge in [-0.2, -0.15) is 13.2 Å². The van der Waals surface area contributed by atoms with Crippen molar-refractivity contribution in [3.63, 3.8) is 0 Å². The van der Waals surface area contributed by atoms with Crippen LogP contribution in [0.4, 0.5) is 22.0 Å². The van der Waals surface area contributed by atoms with Gasteiger partial charge in [0.2, 0.25) is 0 Å². The van der Waals surface area contributed by atoms with Gasteiger partial charge in [-0.05, 0) is 44.0 Å². The first-order valence-corrected chi connectivity index (χ1v) is 6.50. The number of hydrogen-bond acceptors (Lipinski definition) is 1. The molecule has 112 valence electrons. The van der Waals surface area contributed by atoms with Crippen LogP contribution in [0.25, 0.3) is 0 Å². The number of halogens is 5. The third-order valence-electron chi connectivity index (χ3n) is 3.90. The van der Waals surface area contributed by atoms with Crippen LogP contribution < -0.4 is 5.32 Å². The van der Waals surface area contributed by atoms with Gasteiger partial charge in [0.15, 0.2) is 0 Å². The van der Waals surface area contributed by atoms with Crippen molar-refractivity contribution in [3.05, 3.63) is 35.1 Å². The van der Waals surface area contributed by atoms with Gasteiger partial charge in [-0.3, -0.25) is 0 Å². The molecule has 1 aliphatic rings. The summed E-state index contributed by atoms with van der Waals surface area (Å²) in [5.41, 5.74) is -3.26. The first-order valence-electron chi connectivity index (χ1n) is 6.50. The van der Waals surface area contributed by atoms with Crippen LogP contribution in [0, 0.1) is 11.7 Å². The summed E-state index contributed by atoms with van der Waals surface area (Å²) in [5, 5.41) is 3.05. The summed E-state index contributed by atoms with van der Waals surface area (Å²) in [5.74, 6) is -1.80. The molecular weight excluding hydrogens is 277 g/mol. The number of piperidine rings is 1. The summed E-state index contributed by atoms with van der Waals surface area (Å²) in [7, 11) is 0. The van der Waals surface area contributed by atoms with Crippen LogP contribution in [0.1, 0.15) is 30.9 Å². The van der Waals surface area contributed by atoms with Crippen molar-refractivity contribution in [3.8, 4) is 0 Å². The molecule has 1 N–H and O–H groups in total. The zero-order chi connectivity index (χ0) is 15.0. The van der Waals surface area contributed by atoms with Gasteiger partial charge in [0.1, 0.15) is 11.5 Å². The van der Waals surface area contributed by atoms with E-state index in [1.54, 1.807) is 0 Å². The van der Waals surface area contributed by atoms with Crippen LogP contribution >= 0.6 is 0 Å². The number of alkyl halides is 4. The van der Waals surface area contributed by atoms with E-state index in [9.17, 15) is 22.0 Å². The van der Waals surface area contributed by atoms with Crippen LogP contribution in [0.3, 0.4) is 0 Å². The molecule has 1 aliphatic heterocycles. The molecule has 0 radical (unpaired) electrons. The predicted molar refractivity (Wildman–Crippen MR) is 65.5 cm³/mol. The highest BCUT2D eigenvalue weighted by Crippen LogP contribution is 2.39. The lowest BCUT2D eigenvalue weighted by Crippen LogP contribution is -2.40. The molecule has 2 rings (SSSR count). The summed E-state index contributed by atoms with van der Waals surface area (Å²) >= 11 is 0. The Kier molecular flexibility index (Phi) is 4.04. The Morgan fingerprint density at radius 3 is 2.40 bits per heavy atom. The highest BCUT2D eigenvalue weighted by Gasteiger charge is 2.39. The molecule has 1 nitrogen and oxygen atoms in total. The van der Waals surface area contributed by atoms with Crippen molar-refractivity contribution in [2.45, 2.75) is 31.6 Å². The van der Waals surface area contributed by atoms with Gasteiger partial charge in [-0.1, -0.05) is 6.07 Å². The molecule has 1 saturated heterocycles. The van der Waals surface area contributed by atoms with Crippen molar-refractivity contribution in [2.24, 2.45) is 5.92 Å². The molecule has 1 heterocycles. The van der Waals surface area contributed by atoms with Crippen LogP contribution in [0.2, 0.25) is 0 Å². The molecule has 0 amide bonds. The third-order valence-corrected chi connectivity index (χ3v) is 3.90. The van der Waals surface area contributed by atoms with E-state index in [0.717, 1.165) is 19.0 Å².